The monoisotopic (exact) mass is 857 g/mol. The third-order valence-electron chi connectivity index (χ3n) is 10.2. The van der Waals surface area contributed by atoms with Crippen LogP contribution in [0.25, 0.3) is 0 Å². The zero-order valence-corrected chi connectivity index (χ0v) is 37.2. The minimum Gasteiger partial charge on any atom is -0.457 e. The first kappa shape index (κ1) is 55.1. The fraction of sp³-hybridized carbons (Fsp3) is 0.761. The lowest BCUT2D eigenvalue weighted by atomic mass is 9.85. The molecule has 6 atom stereocenters. The van der Waals surface area contributed by atoms with Crippen LogP contribution < -0.4 is 0 Å². The Labute approximate surface area is 356 Å². The van der Waals surface area contributed by atoms with E-state index in [4.69, 9.17) is 18.5 Å². The number of phosphoric ester groups is 1. The standard InChI is InChI=1S/C46H81O12P/c1-3-5-7-9-11-13-14-15-16-17-18-19-20-21-22-23-24-25-26-27-28-30-32-34-36-55-37-39(57-40(47)35-33-31-29-12-10-8-6-4-2)38-56-59(53,54)58-46-44(51)42(49)41(48)43(50)45(46)52/h5,7,11,13,15-16,18-19,21-22,39,41-46,48-52H,3-4,6,8-10,12,14,17,20,23-38H2,1-2H3,(H,53,54)/b7-5-,13-11-,16-15-,19-18-,22-21-. The minimum absolute atomic E-state index is 0.0840. The van der Waals surface area contributed by atoms with Gasteiger partial charge in [-0.1, -0.05) is 158 Å². The van der Waals surface area contributed by atoms with E-state index in [2.05, 4.69) is 74.6 Å². The smallest absolute Gasteiger partial charge is 0.457 e. The first-order valence-corrected chi connectivity index (χ1v) is 24.1. The molecule has 1 aliphatic carbocycles. The van der Waals surface area contributed by atoms with Gasteiger partial charge in [-0.2, -0.15) is 0 Å². The molecule has 1 fully saturated rings. The van der Waals surface area contributed by atoms with E-state index in [-0.39, 0.29) is 13.0 Å². The van der Waals surface area contributed by atoms with Crippen LogP contribution in [0.3, 0.4) is 0 Å². The van der Waals surface area contributed by atoms with E-state index in [0.29, 0.717) is 13.0 Å². The van der Waals surface area contributed by atoms with Crippen molar-refractivity contribution in [1.29, 1.82) is 0 Å². The molecule has 1 saturated carbocycles. The fourth-order valence-electron chi connectivity index (χ4n) is 6.56. The second-order valence-corrected chi connectivity index (χ2v) is 16.9. The number of esters is 1. The molecule has 342 valence electrons. The average molecular weight is 857 g/mol. The Balaban J connectivity index is 2.31. The molecule has 0 aromatic heterocycles. The van der Waals surface area contributed by atoms with Crippen LogP contribution in [-0.2, 0) is 27.9 Å². The van der Waals surface area contributed by atoms with Crippen molar-refractivity contribution >= 4 is 13.8 Å². The van der Waals surface area contributed by atoms with E-state index in [9.17, 15) is 39.8 Å². The molecule has 0 saturated heterocycles. The number of carbonyl (C=O) groups excluding carboxylic acids is 1. The SMILES string of the molecule is CC/C=C\C/C=C\C/C=C\C/C=C\C/C=C\CCCCCCCCCCOCC(COP(=O)(O)OC1C(O)C(O)C(O)C(O)C1O)OC(=O)CCCCCCCCCC. The van der Waals surface area contributed by atoms with Gasteiger partial charge in [0.2, 0.25) is 0 Å². The molecule has 0 aromatic carbocycles. The Morgan fingerprint density at radius 1 is 0.559 bits per heavy atom. The molecule has 1 rings (SSSR count). The number of aliphatic hydroxyl groups is 5. The zero-order chi connectivity index (χ0) is 43.4. The Morgan fingerprint density at radius 2 is 1.00 bits per heavy atom. The molecule has 6 N–H and O–H groups in total. The minimum atomic E-state index is -5.01. The number of carbonyl (C=O) groups is 1. The molecule has 1 aliphatic rings. The van der Waals surface area contributed by atoms with Gasteiger partial charge >= 0.3 is 13.8 Å². The number of aliphatic hydroxyl groups excluding tert-OH is 5. The third-order valence-corrected chi connectivity index (χ3v) is 11.1. The first-order valence-electron chi connectivity index (χ1n) is 22.6. The van der Waals surface area contributed by atoms with Crippen LogP contribution in [0.2, 0.25) is 0 Å². The van der Waals surface area contributed by atoms with Gasteiger partial charge in [0.05, 0.1) is 13.2 Å². The van der Waals surface area contributed by atoms with Gasteiger partial charge < -0.3 is 39.9 Å². The van der Waals surface area contributed by atoms with Gasteiger partial charge in [-0.15, -0.1) is 0 Å². The summed E-state index contributed by atoms with van der Waals surface area (Å²) in [5.41, 5.74) is 0. The van der Waals surface area contributed by atoms with Crippen molar-refractivity contribution in [3.63, 3.8) is 0 Å². The highest BCUT2D eigenvalue weighted by atomic mass is 31.2. The molecule has 0 spiro atoms. The lowest BCUT2D eigenvalue weighted by Crippen LogP contribution is -2.64. The van der Waals surface area contributed by atoms with Gasteiger partial charge in [0.15, 0.2) is 0 Å². The summed E-state index contributed by atoms with van der Waals surface area (Å²) in [5, 5.41) is 50.0. The van der Waals surface area contributed by atoms with E-state index in [1.807, 2.05) is 0 Å². The number of unbranched alkanes of at least 4 members (excludes halogenated alkanes) is 15. The van der Waals surface area contributed by atoms with Crippen molar-refractivity contribution in [2.75, 3.05) is 19.8 Å². The number of phosphoric acid groups is 1. The van der Waals surface area contributed by atoms with Crippen molar-refractivity contribution < 1.29 is 58.3 Å². The Kier molecular flexibility index (Phi) is 34.2. The maximum absolute atomic E-state index is 12.8. The molecular weight excluding hydrogens is 775 g/mol. The van der Waals surface area contributed by atoms with Crippen molar-refractivity contribution in [3.05, 3.63) is 60.8 Å². The maximum Gasteiger partial charge on any atom is 0.472 e. The van der Waals surface area contributed by atoms with E-state index in [1.54, 1.807) is 0 Å². The number of allylic oxidation sites excluding steroid dienone is 10. The first-order chi connectivity index (χ1) is 28.5. The molecule has 0 amide bonds. The molecule has 12 nitrogen and oxygen atoms in total. The van der Waals surface area contributed by atoms with Gasteiger partial charge in [0.25, 0.3) is 0 Å². The largest absolute Gasteiger partial charge is 0.472 e. The predicted molar refractivity (Wildman–Crippen MR) is 235 cm³/mol. The van der Waals surface area contributed by atoms with Gasteiger partial charge in [-0.05, 0) is 57.8 Å². The van der Waals surface area contributed by atoms with E-state index in [0.717, 1.165) is 83.5 Å². The Hall–Kier alpha value is -1.96. The summed E-state index contributed by atoms with van der Waals surface area (Å²) in [7, 11) is -5.01. The molecule has 0 heterocycles. The van der Waals surface area contributed by atoms with Crippen LogP contribution in [0.5, 0.6) is 0 Å². The summed E-state index contributed by atoms with van der Waals surface area (Å²) in [6.07, 6.45) is 33.2. The van der Waals surface area contributed by atoms with Crippen molar-refractivity contribution in [3.8, 4) is 0 Å². The van der Waals surface area contributed by atoms with E-state index in [1.165, 1.54) is 51.4 Å². The van der Waals surface area contributed by atoms with Crippen LogP contribution >= 0.6 is 7.82 Å². The molecule has 59 heavy (non-hydrogen) atoms. The highest BCUT2D eigenvalue weighted by Crippen LogP contribution is 2.47. The Morgan fingerprint density at radius 3 is 1.53 bits per heavy atom. The van der Waals surface area contributed by atoms with Crippen LogP contribution in [0.15, 0.2) is 60.8 Å². The lowest BCUT2D eigenvalue weighted by Gasteiger charge is -2.41. The van der Waals surface area contributed by atoms with Crippen molar-refractivity contribution in [2.45, 2.75) is 204 Å². The van der Waals surface area contributed by atoms with E-state index >= 15 is 0 Å². The van der Waals surface area contributed by atoms with Gasteiger partial charge in [-0.25, -0.2) is 4.57 Å². The number of ether oxygens (including phenoxy) is 2. The fourth-order valence-corrected chi connectivity index (χ4v) is 7.53. The van der Waals surface area contributed by atoms with Gasteiger partial charge in [0.1, 0.15) is 42.7 Å². The molecule has 6 unspecified atom stereocenters. The van der Waals surface area contributed by atoms with Crippen LogP contribution in [0, 0.1) is 0 Å². The number of hydrogen-bond donors (Lipinski definition) is 6. The zero-order valence-electron chi connectivity index (χ0n) is 36.3. The highest BCUT2D eigenvalue weighted by molar-refractivity contribution is 7.47. The number of rotatable bonds is 37. The number of hydrogen-bond acceptors (Lipinski definition) is 11. The third kappa shape index (κ3) is 29.1. The second-order valence-electron chi connectivity index (χ2n) is 15.5. The van der Waals surface area contributed by atoms with Gasteiger partial charge in [0, 0.05) is 13.0 Å². The van der Waals surface area contributed by atoms with Crippen LogP contribution in [0.1, 0.15) is 162 Å². The average Bonchev–Trinajstić information content (AvgIpc) is 3.22. The Bertz CT molecular complexity index is 1200. The second kappa shape index (κ2) is 36.7. The molecular formula is C46H81O12P. The van der Waals surface area contributed by atoms with E-state index < -0.39 is 63.1 Å². The summed E-state index contributed by atoms with van der Waals surface area (Å²) in [6.45, 7) is 4.07. The summed E-state index contributed by atoms with van der Waals surface area (Å²) < 4.78 is 34.0. The summed E-state index contributed by atoms with van der Waals surface area (Å²) in [5.74, 6) is -0.488. The normalized spacial score (nSPS) is 23.1. The van der Waals surface area contributed by atoms with Crippen molar-refractivity contribution in [1.82, 2.24) is 0 Å². The molecule has 13 heteroatoms. The lowest BCUT2D eigenvalue weighted by molar-refractivity contribution is -0.220. The predicted octanol–water partition coefficient (Wildman–Crippen LogP) is 9.03. The molecule has 0 aromatic rings. The molecule has 0 aliphatic heterocycles. The van der Waals surface area contributed by atoms with Crippen LogP contribution in [-0.4, -0.2) is 98.9 Å². The highest BCUT2D eigenvalue weighted by Gasteiger charge is 2.51. The summed E-state index contributed by atoms with van der Waals surface area (Å²) in [4.78, 5) is 23.0. The van der Waals surface area contributed by atoms with Crippen molar-refractivity contribution in [2.24, 2.45) is 0 Å². The molecule has 0 radical (unpaired) electrons. The summed E-state index contributed by atoms with van der Waals surface area (Å²) >= 11 is 0. The maximum atomic E-state index is 12.8. The molecule has 0 bridgehead atoms. The summed E-state index contributed by atoms with van der Waals surface area (Å²) in [6, 6.07) is 0. The quantitative estimate of drug-likeness (QED) is 0.0151. The van der Waals surface area contributed by atoms with Gasteiger partial charge in [-0.3, -0.25) is 13.8 Å². The van der Waals surface area contributed by atoms with Crippen LogP contribution in [0.4, 0.5) is 0 Å². The topological polar surface area (TPSA) is 192 Å².